The van der Waals surface area contributed by atoms with Crippen molar-refractivity contribution < 1.29 is 28.2 Å². The van der Waals surface area contributed by atoms with Gasteiger partial charge in [-0.2, -0.15) is 0 Å². The number of rotatable bonds is 5. The van der Waals surface area contributed by atoms with E-state index < -0.39 is 35.0 Å². The molecule has 4 aromatic carbocycles. The first-order valence-electron chi connectivity index (χ1n) is 13.7. The number of fused-ring (bicyclic) bond motifs is 5. The van der Waals surface area contributed by atoms with E-state index in [9.17, 15) is 14.4 Å². The Morgan fingerprint density at radius 3 is 2.19 bits per heavy atom. The molecule has 2 heterocycles. The van der Waals surface area contributed by atoms with Crippen molar-refractivity contribution in [1.82, 2.24) is 0 Å². The van der Waals surface area contributed by atoms with Gasteiger partial charge in [0.2, 0.25) is 0 Å². The molecule has 0 bridgehead atoms. The van der Waals surface area contributed by atoms with E-state index in [0.29, 0.717) is 33.9 Å². The summed E-state index contributed by atoms with van der Waals surface area (Å²) in [5, 5.41) is 0. The van der Waals surface area contributed by atoms with E-state index in [1.807, 2.05) is 41.3 Å². The molecular formula is C35H26FNO5. The van der Waals surface area contributed by atoms with Gasteiger partial charge in [0.15, 0.2) is 17.3 Å². The molecule has 42 heavy (non-hydrogen) atoms. The molecular weight excluding hydrogens is 533 g/mol. The third-order valence-electron chi connectivity index (χ3n) is 8.89. The van der Waals surface area contributed by atoms with Crippen molar-refractivity contribution in [1.29, 1.82) is 0 Å². The smallest absolute Gasteiger partial charge is 0.188 e. The van der Waals surface area contributed by atoms with Gasteiger partial charge < -0.3 is 14.4 Å². The third kappa shape index (κ3) is 3.33. The highest BCUT2D eigenvalue weighted by atomic mass is 19.1. The molecule has 1 aliphatic carbocycles. The van der Waals surface area contributed by atoms with Crippen LogP contribution in [0.5, 0.6) is 11.5 Å². The number of ether oxygens (including phenoxy) is 2. The Kier molecular flexibility index (Phi) is 5.87. The van der Waals surface area contributed by atoms with Gasteiger partial charge in [-0.3, -0.25) is 14.4 Å². The maximum absolute atomic E-state index is 15.3. The zero-order chi connectivity index (χ0) is 29.2. The zero-order valence-electron chi connectivity index (χ0n) is 22.9. The largest absolute Gasteiger partial charge is 0.497 e. The van der Waals surface area contributed by atoms with Crippen molar-refractivity contribution in [2.24, 2.45) is 5.41 Å². The van der Waals surface area contributed by atoms with Gasteiger partial charge in [-0.05, 0) is 42.0 Å². The first kappa shape index (κ1) is 25.9. The molecule has 0 N–H and O–H groups in total. The molecule has 0 radical (unpaired) electrons. The highest BCUT2D eigenvalue weighted by molar-refractivity contribution is 6.32. The lowest BCUT2D eigenvalue weighted by Gasteiger charge is -2.37. The Morgan fingerprint density at radius 1 is 0.833 bits per heavy atom. The number of benzene rings is 4. The summed E-state index contributed by atoms with van der Waals surface area (Å²) in [5.41, 5.74) is 0.720. The number of ketones is 3. The highest BCUT2D eigenvalue weighted by Crippen LogP contribution is 2.62. The van der Waals surface area contributed by atoms with E-state index >= 15 is 4.39 Å². The van der Waals surface area contributed by atoms with Gasteiger partial charge in [0.1, 0.15) is 28.8 Å². The van der Waals surface area contributed by atoms with Gasteiger partial charge in [-0.1, -0.05) is 66.7 Å². The van der Waals surface area contributed by atoms with Gasteiger partial charge in [0, 0.05) is 28.3 Å². The fraction of sp³-hybridized carbons (Fsp3) is 0.171. The number of para-hydroxylation sites is 1. The number of carbonyl (C=O) groups is 3. The Morgan fingerprint density at radius 2 is 1.50 bits per heavy atom. The van der Waals surface area contributed by atoms with Crippen LogP contribution in [0.1, 0.15) is 48.1 Å². The van der Waals surface area contributed by atoms with Crippen LogP contribution in [0.25, 0.3) is 6.08 Å². The average Bonchev–Trinajstić information content (AvgIpc) is 3.46. The number of Topliss-reactive ketones (excluding diaryl/α,β-unsaturated/α-hetero) is 3. The van der Waals surface area contributed by atoms with E-state index in [2.05, 4.69) is 0 Å². The van der Waals surface area contributed by atoms with E-state index in [1.165, 1.54) is 32.4 Å². The first-order chi connectivity index (χ1) is 20.4. The van der Waals surface area contributed by atoms with Gasteiger partial charge >= 0.3 is 0 Å². The number of nitrogens with zero attached hydrogens (tertiary/aromatic N) is 1. The van der Waals surface area contributed by atoms with Crippen molar-refractivity contribution in [3.63, 3.8) is 0 Å². The van der Waals surface area contributed by atoms with Gasteiger partial charge in [0.25, 0.3) is 0 Å². The summed E-state index contributed by atoms with van der Waals surface area (Å²) < 4.78 is 26.7. The summed E-state index contributed by atoms with van der Waals surface area (Å²) in [5.74, 6) is -2.16. The van der Waals surface area contributed by atoms with Crippen molar-refractivity contribution in [2.75, 3.05) is 19.1 Å². The lowest BCUT2D eigenvalue weighted by atomic mass is 9.64. The normalized spacial score (nSPS) is 21.2. The molecule has 6 nitrogen and oxygen atoms in total. The Hall–Kier alpha value is -5.04. The van der Waals surface area contributed by atoms with Crippen molar-refractivity contribution in [3.05, 3.63) is 131 Å². The molecule has 7 heteroatoms. The van der Waals surface area contributed by atoms with Crippen LogP contribution in [0.15, 0.2) is 97.1 Å². The molecule has 1 fully saturated rings. The predicted octanol–water partition coefficient (Wildman–Crippen LogP) is 6.16. The molecule has 7 rings (SSSR count). The summed E-state index contributed by atoms with van der Waals surface area (Å²) >= 11 is 0. The van der Waals surface area contributed by atoms with Crippen LogP contribution in [-0.4, -0.2) is 43.7 Å². The molecule has 4 aromatic rings. The standard InChI is InChI=1S/C35H26FNO5/c1-41-21-16-17-28(42-2)25(19-21)30-31(32(38)24-12-6-7-13-26(24)36)37-27-14-8-3-9-20(27)15-18-29(37)35(30)33(39)22-10-4-5-11-23(22)34(35)40/h3-19,29-31H,1-2H3/t29-,30+,31-/m1/s1. The fourth-order valence-corrected chi connectivity index (χ4v) is 7.16. The monoisotopic (exact) mass is 559 g/mol. The van der Waals surface area contributed by atoms with E-state index in [4.69, 9.17) is 9.47 Å². The summed E-state index contributed by atoms with van der Waals surface area (Å²) in [7, 11) is 3.01. The minimum absolute atomic E-state index is 0.118. The van der Waals surface area contributed by atoms with Gasteiger partial charge in [-0.25, -0.2) is 4.39 Å². The topological polar surface area (TPSA) is 72.9 Å². The second kappa shape index (κ2) is 9.52. The Balaban J connectivity index is 1.60. The van der Waals surface area contributed by atoms with Crippen LogP contribution in [0, 0.1) is 11.2 Å². The van der Waals surface area contributed by atoms with Crippen LogP contribution in [-0.2, 0) is 0 Å². The molecule has 0 unspecified atom stereocenters. The number of hydrogen-bond donors (Lipinski definition) is 0. The summed E-state index contributed by atoms with van der Waals surface area (Å²) in [6, 6.07) is 23.2. The zero-order valence-corrected chi connectivity index (χ0v) is 22.9. The van der Waals surface area contributed by atoms with Crippen molar-refractivity contribution in [2.45, 2.75) is 18.0 Å². The second-order valence-corrected chi connectivity index (χ2v) is 10.7. The summed E-state index contributed by atoms with van der Waals surface area (Å²) in [6.45, 7) is 0. The molecule has 0 aromatic heterocycles. The molecule has 2 aliphatic heterocycles. The number of carbonyl (C=O) groups excluding carboxylic acids is 3. The lowest BCUT2D eigenvalue weighted by molar-refractivity contribution is 0.0664. The minimum atomic E-state index is -1.74. The molecule has 208 valence electrons. The van der Waals surface area contributed by atoms with Crippen molar-refractivity contribution in [3.8, 4) is 11.5 Å². The fourth-order valence-electron chi connectivity index (χ4n) is 7.16. The quantitative estimate of drug-likeness (QED) is 0.216. The first-order valence-corrected chi connectivity index (χ1v) is 13.7. The number of halogens is 1. The summed E-state index contributed by atoms with van der Waals surface area (Å²) in [6.07, 6.45) is 3.72. The maximum Gasteiger partial charge on any atom is 0.188 e. The Bertz CT molecular complexity index is 1790. The van der Waals surface area contributed by atoms with Crippen LogP contribution in [0.3, 0.4) is 0 Å². The summed E-state index contributed by atoms with van der Waals surface area (Å²) in [4.78, 5) is 46.1. The Labute approximate surface area is 242 Å². The van der Waals surface area contributed by atoms with E-state index in [1.54, 1.807) is 48.5 Å². The van der Waals surface area contributed by atoms with Crippen LogP contribution < -0.4 is 14.4 Å². The molecule has 0 saturated carbocycles. The molecule has 0 amide bonds. The van der Waals surface area contributed by atoms with E-state index in [-0.39, 0.29) is 17.1 Å². The van der Waals surface area contributed by atoms with Gasteiger partial charge in [0.05, 0.1) is 25.8 Å². The van der Waals surface area contributed by atoms with E-state index in [0.717, 1.165) is 5.56 Å². The average molecular weight is 560 g/mol. The number of methoxy groups -OCH3 is 2. The number of hydrogen-bond acceptors (Lipinski definition) is 6. The van der Waals surface area contributed by atoms with Crippen LogP contribution in [0.2, 0.25) is 0 Å². The van der Waals surface area contributed by atoms with Crippen molar-refractivity contribution >= 4 is 29.1 Å². The molecule has 3 atom stereocenters. The number of anilines is 1. The SMILES string of the molecule is COc1ccc(OC)c([C@H]2[C@H](C(=O)c3ccccc3F)N3c4ccccc4C=C[C@@H]3C23C(=O)c2ccccc2C3=O)c1. The minimum Gasteiger partial charge on any atom is -0.497 e. The van der Waals surface area contributed by atoms with Crippen LogP contribution >= 0.6 is 0 Å². The van der Waals surface area contributed by atoms with Gasteiger partial charge in [-0.15, -0.1) is 0 Å². The molecule has 3 aliphatic rings. The third-order valence-corrected chi connectivity index (χ3v) is 8.89. The molecule has 1 saturated heterocycles. The van der Waals surface area contributed by atoms with Crippen LogP contribution in [0.4, 0.5) is 10.1 Å². The highest BCUT2D eigenvalue weighted by Gasteiger charge is 2.72. The second-order valence-electron chi connectivity index (χ2n) is 10.7. The lowest BCUT2D eigenvalue weighted by Crippen LogP contribution is -2.48. The maximum atomic E-state index is 15.3. The predicted molar refractivity (Wildman–Crippen MR) is 156 cm³/mol. The molecule has 1 spiro atoms.